The number of benzene rings is 1. The van der Waals surface area contributed by atoms with Gasteiger partial charge < -0.3 is 5.32 Å². The molecule has 1 heterocycles. The SMILES string of the molecule is CCC(C)(C)c1ccc(C2(C)CCCN2)cc1. The van der Waals surface area contributed by atoms with Crippen LogP contribution in [0.25, 0.3) is 0 Å². The van der Waals surface area contributed by atoms with Crippen LogP contribution >= 0.6 is 0 Å². The molecule has 1 aliphatic rings. The Labute approximate surface area is 106 Å². The van der Waals surface area contributed by atoms with Crippen LogP contribution in [0, 0.1) is 0 Å². The van der Waals surface area contributed by atoms with E-state index in [1.807, 2.05) is 0 Å². The highest BCUT2D eigenvalue weighted by molar-refractivity contribution is 5.32. The molecule has 1 nitrogen and oxygen atoms in total. The molecule has 0 saturated carbocycles. The lowest BCUT2D eigenvalue weighted by Gasteiger charge is -2.28. The zero-order chi connectivity index (χ0) is 12.5. The summed E-state index contributed by atoms with van der Waals surface area (Å²) in [5, 5.41) is 3.62. The van der Waals surface area contributed by atoms with E-state index >= 15 is 0 Å². The van der Waals surface area contributed by atoms with Crippen LogP contribution in [-0.4, -0.2) is 6.54 Å². The van der Waals surface area contributed by atoms with Gasteiger partial charge in [-0.15, -0.1) is 0 Å². The smallest absolute Gasteiger partial charge is 0.0406 e. The van der Waals surface area contributed by atoms with Crippen molar-refractivity contribution in [1.82, 2.24) is 5.32 Å². The molecule has 1 aliphatic heterocycles. The van der Waals surface area contributed by atoms with Gasteiger partial charge in [0.2, 0.25) is 0 Å². The van der Waals surface area contributed by atoms with Crippen LogP contribution in [0.15, 0.2) is 24.3 Å². The van der Waals surface area contributed by atoms with Crippen LogP contribution in [0.2, 0.25) is 0 Å². The summed E-state index contributed by atoms with van der Waals surface area (Å²) in [4.78, 5) is 0. The Morgan fingerprint density at radius 1 is 1.24 bits per heavy atom. The van der Waals surface area contributed by atoms with Gasteiger partial charge in [-0.25, -0.2) is 0 Å². The number of hydrogen-bond acceptors (Lipinski definition) is 1. The first-order chi connectivity index (χ1) is 7.98. The maximum atomic E-state index is 3.62. The van der Waals surface area contributed by atoms with Gasteiger partial charge in [0.25, 0.3) is 0 Å². The topological polar surface area (TPSA) is 12.0 Å². The third-order valence-corrected chi connectivity index (χ3v) is 4.56. The van der Waals surface area contributed by atoms with E-state index in [1.165, 1.54) is 30.4 Å². The first-order valence-electron chi connectivity index (χ1n) is 6.84. The molecule has 0 aromatic heterocycles. The molecular formula is C16H25N. The monoisotopic (exact) mass is 231 g/mol. The highest BCUT2D eigenvalue weighted by Crippen LogP contribution is 2.32. The molecule has 0 amide bonds. The van der Waals surface area contributed by atoms with Gasteiger partial charge in [0, 0.05) is 5.54 Å². The summed E-state index contributed by atoms with van der Waals surface area (Å²) in [6.45, 7) is 10.4. The van der Waals surface area contributed by atoms with E-state index in [1.54, 1.807) is 0 Å². The Balaban J connectivity index is 2.24. The Hall–Kier alpha value is -0.820. The summed E-state index contributed by atoms with van der Waals surface area (Å²) in [6.07, 6.45) is 3.73. The summed E-state index contributed by atoms with van der Waals surface area (Å²) in [5.74, 6) is 0. The van der Waals surface area contributed by atoms with Crippen LogP contribution in [-0.2, 0) is 11.0 Å². The Morgan fingerprint density at radius 2 is 1.88 bits per heavy atom. The molecule has 1 N–H and O–H groups in total. The summed E-state index contributed by atoms with van der Waals surface area (Å²) in [5.41, 5.74) is 3.38. The fourth-order valence-corrected chi connectivity index (χ4v) is 2.63. The molecule has 1 aromatic rings. The van der Waals surface area contributed by atoms with Crippen LogP contribution in [0.4, 0.5) is 0 Å². The molecule has 1 atom stereocenters. The first-order valence-corrected chi connectivity index (χ1v) is 6.84. The Kier molecular flexibility index (Phi) is 3.31. The van der Waals surface area contributed by atoms with Crippen molar-refractivity contribution in [2.45, 2.75) is 57.9 Å². The molecule has 1 heteroatoms. The zero-order valence-electron chi connectivity index (χ0n) is 11.6. The van der Waals surface area contributed by atoms with Gasteiger partial charge in [-0.3, -0.25) is 0 Å². The normalized spacial score (nSPS) is 25.2. The van der Waals surface area contributed by atoms with Gasteiger partial charge in [0.05, 0.1) is 0 Å². The van der Waals surface area contributed by atoms with Crippen LogP contribution < -0.4 is 5.32 Å². The predicted octanol–water partition coefficient (Wildman–Crippen LogP) is 3.97. The van der Waals surface area contributed by atoms with Gasteiger partial charge >= 0.3 is 0 Å². The minimum absolute atomic E-state index is 0.203. The van der Waals surface area contributed by atoms with Gasteiger partial charge in [0.15, 0.2) is 0 Å². The fourth-order valence-electron chi connectivity index (χ4n) is 2.63. The van der Waals surface area contributed by atoms with Crippen molar-refractivity contribution >= 4 is 0 Å². The van der Waals surface area contributed by atoms with E-state index < -0.39 is 0 Å². The second kappa shape index (κ2) is 4.45. The molecule has 0 spiro atoms. The summed E-state index contributed by atoms with van der Waals surface area (Å²) >= 11 is 0. The van der Waals surface area contributed by atoms with E-state index in [4.69, 9.17) is 0 Å². The third-order valence-electron chi connectivity index (χ3n) is 4.56. The molecule has 1 aromatic carbocycles. The van der Waals surface area contributed by atoms with Crippen molar-refractivity contribution in [1.29, 1.82) is 0 Å². The number of rotatable bonds is 3. The van der Waals surface area contributed by atoms with Crippen molar-refractivity contribution in [3.63, 3.8) is 0 Å². The van der Waals surface area contributed by atoms with E-state index in [9.17, 15) is 0 Å². The van der Waals surface area contributed by atoms with Crippen LogP contribution in [0.1, 0.15) is 58.1 Å². The molecule has 0 aliphatic carbocycles. The maximum Gasteiger partial charge on any atom is 0.0406 e. The first kappa shape index (κ1) is 12.6. The van der Waals surface area contributed by atoms with Gasteiger partial charge in [-0.05, 0) is 49.3 Å². The zero-order valence-corrected chi connectivity index (χ0v) is 11.6. The lowest BCUT2D eigenvalue weighted by molar-refractivity contribution is 0.433. The van der Waals surface area contributed by atoms with E-state index in [0.29, 0.717) is 5.41 Å². The van der Waals surface area contributed by atoms with Crippen molar-refractivity contribution < 1.29 is 0 Å². The molecule has 1 saturated heterocycles. The summed E-state index contributed by atoms with van der Waals surface area (Å²) in [7, 11) is 0. The molecule has 17 heavy (non-hydrogen) atoms. The molecule has 0 radical (unpaired) electrons. The summed E-state index contributed by atoms with van der Waals surface area (Å²) < 4.78 is 0. The second-order valence-corrected chi connectivity index (χ2v) is 6.18. The van der Waals surface area contributed by atoms with E-state index in [-0.39, 0.29) is 5.54 Å². The highest BCUT2D eigenvalue weighted by atomic mass is 15.0. The van der Waals surface area contributed by atoms with Gasteiger partial charge in [-0.1, -0.05) is 45.0 Å². The standard InChI is InChI=1S/C16H25N/c1-5-15(2,3)13-7-9-14(10-8-13)16(4)11-6-12-17-16/h7-10,17H,5-6,11-12H2,1-4H3. The lowest BCUT2D eigenvalue weighted by Crippen LogP contribution is -2.33. The van der Waals surface area contributed by atoms with Crippen molar-refractivity contribution in [3.8, 4) is 0 Å². The Morgan fingerprint density at radius 3 is 2.35 bits per heavy atom. The molecule has 94 valence electrons. The maximum absolute atomic E-state index is 3.62. The minimum Gasteiger partial charge on any atom is -0.308 e. The largest absolute Gasteiger partial charge is 0.308 e. The molecular weight excluding hydrogens is 206 g/mol. The average molecular weight is 231 g/mol. The fraction of sp³-hybridized carbons (Fsp3) is 0.625. The number of hydrogen-bond donors (Lipinski definition) is 1. The predicted molar refractivity (Wildman–Crippen MR) is 74.3 cm³/mol. The van der Waals surface area contributed by atoms with E-state index in [2.05, 4.69) is 57.3 Å². The van der Waals surface area contributed by atoms with Gasteiger partial charge in [0.1, 0.15) is 0 Å². The highest BCUT2D eigenvalue weighted by Gasteiger charge is 2.30. The second-order valence-electron chi connectivity index (χ2n) is 6.18. The van der Waals surface area contributed by atoms with Gasteiger partial charge in [-0.2, -0.15) is 0 Å². The number of nitrogens with one attached hydrogen (secondary N) is 1. The molecule has 2 rings (SSSR count). The van der Waals surface area contributed by atoms with Crippen LogP contribution in [0.3, 0.4) is 0 Å². The van der Waals surface area contributed by atoms with Crippen molar-refractivity contribution in [2.24, 2.45) is 0 Å². The third kappa shape index (κ3) is 2.40. The van der Waals surface area contributed by atoms with E-state index in [0.717, 1.165) is 6.54 Å². The Bertz CT molecular complexity index is 369. The molecule has 1 fully saturated rings. The molecule has 1 unspecified atom stereocenters. The minimum atomic E-state index is 0.203. The summed E-state index contributed by atoms with van der Waals surface area (Å²) in [6, 6.07) is 9.24. The average Bonchev–Trinajstić information content (AvgIpc) is 2.78. The molecule has 0 bridgehead atoms. The quantitative estimate of drug-likeness (QED) is 0.830. The van der Waals surface area contributed by atoms with Crippen molar-refractivity contribution in [3.05, 3.63) is 35.4 Å². The van der Waals surface area contributed by atoms with Crippen molar-refractivity contribution in [2.75, 3.05) is 6.54 Å². The van der Waals surface area contributed by atoms with Crippen LogP contribution in [0.5, 0.6) is 0 Å². The lowest BCUT2D eigenvalue weighted by atomic mass is 9.80.